The minimum atomic E-state index is -0.460. The molecule has 1 aliphatic carbocycles. The third-order valence-corrected chi connectivity index (χ3v) is 4.89. The SMILES string of the molecule is C=CC(COC(=O)c1cccc(C(=O)/C=C/c2ccc(F)cc2)c1)CC1C=CC1. The van der Waals surface area contributed by atoms with Crippen molar-refractivity contribution in [3.05, 3.63) is 102 Å². The van der Waals surface area contributed by atoms with Crippen molar-refractivity contribution < 1.29 is 18.7 Å². The first kappa shape index (κ1) is 20.5. The second kappa shape index (κ2) is 9.78. The molecule has 0 amide bonds. The number of hydrogen-bond acceptors (Lipinski definition) is 3. The topological polar surface area (TPSA) is 43.4 Å². The lowest BCUT2D eigenvalue weighted by Gasteiger charge is -2.22. The Balaban J connectivity index is 1.59. The average molecular weight is 390 g/mol. The largest absolute Gasteiger partial charge is 0.461 e. The van der Waals surface area contributed by atoms with Gasteiger partial charge in [-0.3, -0.25) is 4.79 Å². The van der Waals surface area contributed by atoms with E-state index in [4.69, 9.17) is 4.74 Å². The van der Waals surface area contributed by atoms with E-state index in [1.54, 1.807) is 36.4 Å². The minimum Gasteiger partial charge on any atom is -0.461 e. The first-order chi connectivity index (χ1) is 14.0. The molecule has 2 atom stereocenters. The summed E-state index contributed by atoms with van der Waals surface area (Å²) in [7, 11) is 0. The van der Waals surface area contributed by atoms with Gasteiger partial charge in [0.05, 0.1) is 12.2 Å². The van der Waals surface area contributed by atoms with E-state index in [2.05, 4.69) is 18.7 Å². The number of allylic oxidation sites excluding steroid dienone is 3. The van der Waals surface area contributed by atoms with E-state index >= 15 is 0 Å². The van der Waals surface area contributed by atoms with Gasteiger partial charge in [0.2, 0.25) is 0 Å². The van der Waals surface area contributed by atoms with Gasteiger partial charge in [-0.1, -0.05) is 48.6 Å². The van der Waals surface area contributed by atoms with Crippen LogP contribution in [0.2, 0.25) is 0 Å². The summed E-state index contributed by atoms with van der Waals surface area (Å²) < 4.78 is 18.4. The number of carbonyl (C=O) groups is 2. The minimum absolute atomic E-state index is 0.109. The highest BCUT2D eigenvalue weighted by molar-refractivity contribution is 6.07. The van der Waals surface area contributed by atoms with Crippen LogP contribution in [0.15, 0.2) is 79.4 Å². The van der Waals surface area contributed by atoms with Crippen molar-refractivity contribution in [3.8, 4) is 0 Å². The zero-order chi connectivity index (χ0) is 20.6. The molecule has 0 aromatic heterocycles. The molecular weight excluding hydrogens is 367 g/mol. The second-order valence-electron chi connectivity index (χ2n) is 7.08. The molecule has 0 saturated carbocycles. The van der Waals surface area contributed by atoms with Crippen molar-refractivity contribution in [1.82, 2.24) is 0 Å². The highest BCUT2D eigenvalue weighted by atomic mass is 19.1. The molecule has 0 bridgehead atoms. The van der Waals surface area contributed by atoms with Gasteiger partial charge in [0.1, 0.15) is 5.82 Å². The van der Waals surface area contributed by atoms with Gasteiger partial charge in [-0.25, -0.2) is 9.18 Å². The fourth-order valence-electron chi connectivity index (χ4n) is 3.03. The highest BCUT2D eigenvalue weighted by Crippen LogP contribution is 2.25. The molecule has 0 N–H and O–H groups in total. The van der Waals surface area contributed by atoms with Crippen molar-refractivity contribution in [3.63, 3.8) is 0 Å². The maximum atomic E-state index is 12.9. The van der Waals surface area contributed by atoms with E-state index in [1.807, 2.05) is 6.08 Å². The third kappa shape index (κ3) is 5.85. The Kier molecular flexibility index (Phi) is 6.90. The lowest BCUT2D eigenvalue weighted by molar-refractivity contribution is 0.0454. The second-order valence-corrected chi connectivity index (χ2v) is 7.08. The maximum Gasteiger partial charge on any atom is 0.338 e. The monoisotopic (exact) mass is 390 g/mol. The Morgan fingerprint density at radius 1 is 1.17 bits per heavy atom. The van der Waals surface area contributed by atoms with Crippen molar-refractivity contribution in [2.24, 2.45) is 11.8 Å². The Morgan fingerprint density at radius 3 is 2.55 bits per heavy atom. The Bertz CT molecular complexity index is 941. The lowest BCUT2D eigenvalue weighted by atomic mass is 9.86. The van der Waals surface area contributed by atoms with Gasteiger partial charge in [-0.15, -0.1) is 6.58 Å². The summed E-state index contributed by atoms with van der Waals surface area (Å²) in [5.74, 6) is -0.395. The molecule has 0 saturated heterocycles. The van der Waals surface area contributed by atoms with Crippen LogP contribution >= 0.6 is 0 Å². The number of halogens is 1. The van der Waals surface area contributed by atoms with Gasteiger partial charge in [0.15, 0.2) is 5.78 Å². The number of hydrogen-bond donors (Lipinski definition) is 0. The van der Waals surface area contributed by atoms with Gasteiger partial charge >= 0.3 is 5.97 Å². The van der Waals surface area contributed by atoms with Gasteiger partial charge in [0.25, 0.3) is 0 Å². The number of benzene rings is 2. The summed E-state index contributed by atoms with van der Waals surface area (Å²) in [6, 6.07) is 12.3. The molecule has 1 aliphatic rings. The van der Waals surface area contributed by atoms with Crippen LogP contribution < -0.4 is 0 Å². The molecule has 0 heterocycles. The number of ether oxygens (including phenoxy) is 1. The molecule has 148 valence electrons. The van der Waals surface area contributed by atoms with Crippen molar-refractivity contribution >= 4 is 17.8 Å². The molecule has 3 rings (SSSR count). The first-order valence-corrected chi connectivity index (χ1v) is 9.59. The molecular formula is C25H23FO3. The predicted molar refractivity (Wildman–Crippen MR) is 112 cm³/mol. The molecule has 0 spiro atoms. The van der Waals surface area contributed by atoms with E-state index in [0.29, 0.717) is 22.6 Å². The van der Waals surface area contributed by atoms with Gasteiger partial charge in [-0.05, 0) is 54.7 Å². The molecule has 4 heteroatoms. The third-order valence-electron chi connectivity index (χ3n) is 4.89. The van der Waals surface area contributed by atoms with Crippen LogP contribution in [0.5, 0.6) is 0 Å². The van der Waals surface area contributed by atoms with E-state index < -0.39 is 5.97 Å². The van der Waals surface area contributed by atoms with Crippen LogP contribution in [0.1, 0.15) is 39.1 Å². The fourth-order valence-corrected chi connectivity index (χ4v) is 3.03. The van der Waals surface area contributed by atoms with E-state index in [0.717, 1.165) is 12.8 Å². The molecule has 29 heavy (non-hydrogen) atoms. The van der Waals surface area contributed by atoms with Crippen LogP contribution in [0, 0.1) is 17.7 Å². The number of ketones is 1. The Hall–Kier alpha value is -3.27. The van der Waals surface area contributed by atoms with Crippen LogP contribution in [-0.4, -0.2) is 18.4 Å². The van der Waals surface area contributed by atoms with Gasteiger partial charge in [0, 0.05) is 11.5 Å². The predicted octanol–water partition coefficient (Wildman–Crippen LogP) is 5.65. The molecule has 3 nitrogen and oxygen atoms in total. The summed E-state index contributed by atoms with van der Waals surface area (Å²) in [6.45, 7) is 4.10. The van der Waals surface area contributed by atoms with Crippen molar-refractivity contribution in [2.45, 2.75) is 12.8 Å². The maximum absolute atomic E-state index is 12.9. The zero-order valence-electron chi connectivity index (χ0n) is 16.1. The molecule has 0 aliphatic heterocycles. The Labute approximate surface area is 170 Å². The summed E-state index contributed by atoms with van der Waals surface area (Å²) in [4.78, 5) is 24.8. The number of carbonyl (C=O) groups excluding carboxylic acids is 2. The highest BCUT2D eigenvalue weighted by Gasteiger charge is 2.18. The van der Waals surface area contributed by atoms with E-state index in [1.165, 1.54) is 24.3 Å². The van der Waals surface area contributed by atoms with Gasteiger partial charge in [-0.2, -0.15) is 0 Å². The zero-order valence-corrected chi connectivity index (χ0v) is 16.1. The molecule has 0 fully saturated rings. The number of esters is 1. The fraction of sp³-hybridized carbons (Fsp3) is 0.200. The van der Waals surface area contributed by atoms with Gasteiger partial charge < -0.3 is 4.74 Å². The Morgan fingerprint density at radius 2 is 1.90 bits per heavy atom. The van der Waals surface area contributed by atoms with Crippen LogP contribution in [0.25, 0.3) is 6.08 Å². The van der Waals surface area contributed by atoms with Crippen LogP contribution in [0.4, 0.5) is 4.39 Å². The summed E-state index contributed by atoms with van der Waals surface area (Å²) in [5, 5.41) is 0. The lowest BCUT2D eigenvalue weighted by Crippen LogP contribution is -2.17. The summed E-state index contributed by atoms with van der Waals surface area (Å²) in [6.07, 6.45) is 11.1. The van der Waals surface area contributed by atoms with Crippen LogP contribution in [0.3, 0.4) is 0 Å². The number of rotatable bonds is 9. The summed E-state index contributed by atoms with van der Waals surface area (Å²) in [5.41, 5.74) is 1.43. The van der Waals surface area contributed by atoms with Crippen molar-refractivity contribution in [1.29, 1.82) is 0 Å². The molecule has 2 aromatic carbocycles. The summed E-state index contributed by atoms with van der Waals surface area (Å²) >= 11 is 0. The normalized spacial score (nSPS) is 16.2. The van der Waals surface area contributed by atoms with Crippen molar-refractivity contribution in [2.75, 3.05) is 6.61 Å². The quantitative estimate of drug-likeness (QED) is 0.241. The standard InChI is InChI=1S/C25H23FO3/c1-2-18(15-20-5-3-6-20)17-29-25(28)22-8-4-7-21(16-22)24(27)14-11-19-9-12-23(26)13-10-19/h2-5,7-14,16,18,20H,1,6,15,17H2/b14-11+. The van der Waals surface area contributed by atoms with E-state index in [9.17, 15) is 14.0 Å². The first-order valence-electron chi connectivity index (χ1n) is 9.59. The van der Waals surface area contributed by atoms with E-state index in [-0.39, 0.29) is 24.1 Å². The molecule has 0 radical (unpaired) electrons. The van der Waals surface area contributed by atoms with Crippen LogP contribution in [-0.2, 0) is 4.74 Å². The smallest absolute Gasteiger partial charge is 0.338 e. The average Bonchev–Trinajstić information content (AvgIpc) is 2.72. The molecule has 2 unspecified atom stereocenters. The molecule has 2 aromatic rings.